The van der Waals surface area contributed by atoms with E-state index in [1.165, 1.54) is 25.7 Å². The maximum absolute atomic E-state index is 12.6. The van der Waals surface area contributed by atoms with Gasteiger partial charge in [-0.05, 0) is 38.0 Å². The number of fused-ring (bicyclic) bond motifs is 2. The van der Waals surface area contributed by atoms with Gasteiger partial charge >= 0.3 is 0 Å². The summed E-state index contributed by atoms with van der Waals surface area (Å²) < 4.78 is 0. The molecule has 96 valence electrons. The van der Waals surface area contributed by atoms with Crippen molar-refractivity contribution >= 4 is 5.91 Å². The number of rotatable bonds is 4. The predicted octanol–water partition coefficient (Wildman–Crippen LogP) is 1.77. The molecule has 3 unspecified atom stereocenters. The average molecular weight is 236 g/mol. The van der Waals surface area contributed by atoms with E-state index in [2.05, 4.69) is 24.1 Å². The standard InChI is InChI=1S/C14H24N2O/c1-9(2)8-16(11-4-5-11)14(17)12-7-10-3-6-13(12)15-10/h9-13,15H,3-8H2,1-2H3. The van der Waals surface area contributed by atoms with E-state index in [4.69, 9.17) is 0 Å². The lowest BCUT2D eigenvalue weighted by Gasteiger charge is -2.30. The second-order valence-electron chi connectivity index (χ2n) is 6.51. The van der Waals surface area contributed by atoms with Gasteiger partial charge in [0.05, 0.1) is 5.92 Å². The average Bonchev–Trinajstić information content (AvgIpc) is 2.92. The van der Waals surface area contributed by atoms with Crippen LogP contribution in [0.4, 0.5) is 0 Å². The van der Waals surface area contributed by atoms with Crippen molar-refractivity contribution < 1.29 is 4.79 Å². The summed E-state index contributed by atoms with van der Waals surface area (Å²) >= 11 is 0. The summed E-state index contributed by atoms with van der Waals surface area (Å²) in [5, 5.41) is 3.58. The molecule has 3 rings (SSSR count). The molecule has 3 fully saturated rings. The van der Waals surface area contributed by atoms with Crippen molar-refractivity contribution in [1.82, 2.24) is 10.2 Å². The molecule has 2 aliphatic heterocycles. The molecule has 0 aromatic rings. The van der Waals surface area contributed by atoms with Crippen molar-refractivity contribution in [2.24, 2.45) is 11.8 Å². The summed E-state index contributed by atoms with van der Waals surface area (Å²) in [6, 6.07) is 1.69. The minimum atomic E-state index is 0.285. The van der Waals surface area contributed by atoms with Crippen LogP contribution in [-0.2, 0) is 4.79 Å². The molecular weight excluding hydrogens is 212 g/mol. The van der Waals surface area contributed by atoms with Crippen LogP contribution in [-0.4, -0.2) is 35.5 Å². The highest BCUT2D eigenvalue weighted by Gasteiger charge is 2.46. The van der Waals surface area contributed by atoms with Crippen molar-refractivity contribution in [2.45, 2.75) is 64.1 Å². The lowest BCUT2D eigenvalue weighted by Crippen LogP contribution is -2.43. The van der Waals surface area contributed by atoms with Crippen LogP contribution in [0.2, 0.25) is 0 Å². The fourth-order valence-electron chi connectivity index (χ4n) is 3.51. The Labute approximate surface area is 104 Å². The van der Waals surface area contributed by atoms with Gasteiger partial charge in [-0.3, -0.25) is 4.79 Å². The van der Waals surface area contributed by atoms with E-state index in [9.17, 15) is 4.79 Å². The number of amides is 1. The molecule has 2 saturated heterocycles. The summed E-state index contributed by atoms with van der Waals surface area (Å²) in [4.78, 5) is 14.8. The van der Waals surface area contributed by atoms with Crippen LogP contribution in [0.5, 0.6) is 0 Å². The van der Waals surface area contributed by atoms with Crippen LogP contribution in [0.15, 0.2) is 0 Å². The smallest absolute Gasteiger partial charge is 0.227 e. The normalized spacial score (nSPS) is 35.6. The zero-order chi connectivity index (χ0) is 12.0. The Morgan fingerprint density at radius 1 is 1.29 bits per heavy atom. The van der Waals surface area contributed by atoms with Crippen molar-refractivity contribution in [3.63, 3.8) is 0 Å². The first-order chi connectivity index (χ1) is 8.15. The highest BCUT2D eigenvalue weighted by molar-refractivity contribution is 5.81. The fourth-order valence-corrected chi connectivity index (χ4v) is 3.51. The van der Waals surface area contributed by atoms with E-state index in [0.717, 1.165) is 13.0 Å². The van der Waals surface area contributed by atoms with Crippen molar-refractivity contribution in [1.29, 1.82) is 0 Å². The summed E-state index contributed by atoms with van der Waals surface area (Å²) in [5.74, 6) is 1.32. The third-order valence-electron chi connectivity index (χ3n) is 4.45. The lowest BCUT2D eigenvalue weighted by atomic mass is 9.88. The molecule has 2 heterocycles. The van der Waals surface area contributed by atoms with Gasteiger partial charge in [0.1, 0.15) is 0 Å². The van der Waals surface area contributed by atoms with Crippen LogP contribution >= 0.6 is 0 Å². The SMILES string of the molecule is CC(C)CN(C(=O)C1CC2CCC1N2)C1CC1. The first kappa shape index (κ1) is 11.5. The molecule has 0 spiro atoms. The zero-order valence-electron chi connectivity index (χ0n) is 11.0. The van der Waals surface area contributed by atoms with E-state index in [1.54, 1.807) is 0 Å². The first-order valence-electron chi connectivity index (χ1n) is 7.21. The highest BCUT2D eigenvalue weighted by atomic mass is 16.2. The molecule has 0 radical (unpaired) electrons. The van der Waals surface area contributed by atoms with Crippen LogP contribution in [0, 0.1) is 11.8 Å². The number of carbonyl (C=O) groups excluding carboxylic acids is 1. The summed E-state index contributed by atoms with van der Waals surface area (Å²) in [7, 11) is 0. The van der Waals surface area contributed by atoms with Gasteiger partial charge in [-0.2, -0.15) is 0 Å². The van der Waals surface area contributed by atoms with Gasteiger partial charge in [-0.15, -0.1) is 0 Å². The number of nitrogens with one attached hydrogen (secondary N) is 1. The van der Waals surface area contributed by atoms with Gasteiger partial charge in [0.2, 0.25) is 5.91 Å². The molecule has 1 amide bonds. The number of hydrogen-bond acceptors (Lipinski definition) is 2. The molecular formula is C14H24N2O. The predicted molar refractivity (Wildman–Crippen MR) is 67.6 cm³/mol. The first-order valence-corrected chi connectivity index (χ1v) is 7.21. The second kappa shape index (κ2) is 4.27. The molecule has 1 saturated carbocycles. The largest absolute Gasteiger partial charge is 0.339 e. The number of carbonyl (C=O) groups is 1. The third-order valence-corrected chi connectivity index (χ3v) is 4.45. The lowest BCUT2D eigenvalue weighted by molar-refractivity contribution is -0.137. The topological polar surface area (TPSA) is 32.3 Å². The van der Waals surface area contributed by atoms with E-state index in [-0.39, 0.29) is 5.92 Å². The van der Waals surface area contributed by atoms with E-state index in [0.29, 0.717) is 30.0 Å². The fraction of sp³-hybridized carbons (Fsp3) is 0.929. The highest BCUT2D eigenvalue weighted by Crippen LogP contribution is 2.37. The summed E-state index contributed by atoms with van der Waals surface area (Å²) in [5.41, 5.74) is 0. The quantitative estimate of drug-likeness (QED) is 0.807. The van der Waals surface area contributed by atoms with Gasteiger partial charge in [0.25, 0.3) is 0 Å². The van der Waals surface area contributed by atoms with E-state index < -0.39 is 0 Å². The Morgan fingerprint density at radius 3 is 2.53 bits per heavy atom. The Kier molecular flexibility index (Phi) is 2.89. The minimum absolute atomic E-state index is 0.285. The molecule has 3 aliphatic rings. The van der Waals surface area contributed by atoms with E-state index >= 15 is 0 Å². The van der Waals surface area contributed by atoms with Crippen LogP contribution in [0.1, 0.15) is 46.0 Å². The number of nitrogens with zero attached hydrogens (tertiary/aromatic N) is 1. The Hall–Kier alpha value is -0.570. The molecule has 1 aliphatic carbocycles. The maximum atomic E-state index is 12.6. The van der Waals surface area contributed by atoms with Gasteiger partial charge in [0, 0.05) is 24.7 Å². The van der Waals surface area contributed by atoms with Gasteiger partial charge in [0.15, 0.2) is 0 Å². The molecule has 3 heteroatoms. The van der Waals surface area contributed by atoms with Crippen LogP contribution in [0.3, 0.4) is 0 Å². The molecule has 1 N–H and O–H groups in total. The molecule has 3 atom stereocenters. The molecule has 17 heavy (non-hydrogen) atoms. The third kappa shape index (κ3) is 2.22. The summed E-state index contributed by atoms with van der Waals surface area (Å²) in [6.45, 7) is 5.38. The summed E-state index contributed by atoms with van der Waals surface area (Å²) in [6.07, 6.45) is 6.04. The molecule has 0 aromatic heterocycles. The monoisotopic (exact) mass is 236 g/mol. The molecule has 3 nitrogen and oxygen atoms in total. The van der Waals surface area contributed by atoms with Gasteiger partial charge in [-0.1, -0.05) is 13.8 Å². The number of hydrogen-bond donors (Lipinski definition) is 1. The van der Waals surface area contributed by atoms with Gasteiger partial charge in [-0.25, -0.2) is 0 Å². The molecule has 0 aromatic carbocycles. The van der Waals surface area contributed by atoms with Crippen molar-refractivity contribution in [3.8, 4) is 0 Å². The van der Waals surface area contributed by atoms with Gasteiger partial charge < -0.3 is 10.2 Å². The van der Waals surface area contributed by atoms with Crippen molar-refractivity contribution in [3.05, 3.63) is 0 Å². The molecule has 2 bridgehead atoms. The minimum Gasteiger partial charge on any atom is -0.339 e. The van der Waals surface area contributed by atoms with E-state index in [1.807, 2.05) is 0 Å². The Bertz CT molecular complexity index is 311. The Balaban J connectivity index is 1.66. The second-order valence-corrected chi connectivity index (χ2v) is 6.51. The van der Waals surface area contributed by atoms with Crippen LogP contribution in [0.25, 0.3) is 0 Å². The maximum Gasteiger partial charge on any atom is 0.227 e. The Morgan fingerprint density at radius 2 is 2.06 bits per heavy atom. The van der Waals surface area contributed by atoms with Crippen molar-refractivity contribution in [2.75, 3.05) is 6.54 Å². The van der Waals surface area contributed by atoms with Crippen LogP contribution < -0.4 is 5.32 Å². The zero-order valence-corrected chi connectivity index (χ0v) is 11.0.